The van der Waals surface area contributed by atoms with Gasteiger partial charge in [-0.2, -0.15) is 5.26 Å². The summed E-state index contributed by atoms with van der Waals surface area (Å²) in [7, 11) is 0. The number of nitrogens with zero attached hydrogens (tertiary/aromatic N) is 1. The number of nitriles is 1. The summed E-state index contributed by atoms with van der Waals surface area (Å²) < 4.78 is 0. The van der Waals surface area contributed by atoms with Gasteiger partial charge >= 0.3 is 5.97 Å². The number of carboxylic acid groups (broad SMARTS) is 1. The Morgan fingerprint density at radius 3 is 2.33 bits per heavy atom. The molecule has 3 nitrogen and oxygen atoms in total. The minimum absolute atomic E-state index is 0.0331. The lowest BCUT2D eigenvalue weighted by atomic mass is 10.1. The van der Waals surface area contributed by atoms with Crippen LogP contribution >= 0.6 is 0 Å². The summed E-state index contributed by atoms with van der Waals surface area (Å²) in [6.07, 6.45) is 9.64. The highest BCUT2D eigenvalue weighted by Gasteiger charge is 2.08. The van der Waals surface area contributed by atoms with Gasteiger partial charge in [-0.15, -0.1) is 0 Å². The predicted molar refractivity (Wildman–Crippen MR) is 58.9 cm³/mol. The average Bonchev–Trinajstić information content (AvgIpc) is 2.22. The van der Waals surface area contributed by atoms with Crippen LogP contribution in [0.5, 0.6) is 0 Å². The van der Waals surface area contributed by atoms with Crippen LogP contribution in [0.15, 0.2) is 60.8 Å². The van der Waals surface area contributed by atoms with Crippen LogP contribution in [0.25, 0.3) is 0 Å². The SMILES string of the molecule is C=C\C=C/C=C\C=C(\C#N)C(=C)C(=O)O. The van der Waals surface area contributed by atoms with Crippen molar-refractivity contribution >= 4 is 5.97 Å². The molecule has 0 rings (SSSR count). The molecular formula is C12H11NO2. The quantitative estimate of drug-likeness (QED) is 0.422. The van der Waals surface area contributed by atoms with E-state index in [1.54, 1.807) is 36.4 Å². The van der Waals surface area contributed by atoms with Crippen LogP contribution in [0.3, 0.4) is 0 Å². The zero-order valence-corrected chi connectivity index (χ0v) is 8.18. The summed E-state index contributed by atoms with van der Waals surface area (Å²) in [5.41, 5.74) is -0.180. The fourth-order valence-electron chi connectivity index (χ4n) is 0.679. The molecule has 0 fully saturated rings. The van der Waals surface area contributed by atoms with Gasteiger partial charge in [-0.25, -0.2) is 4.79 Å². The van der Waals surface area contributed by atoms with Gasteiger partial charge in [-0.05, 0) is 6.08 Å². The molecule has 0 unspecified atom stereocenters. The molecule has 0 spiro atoms. The molecule has 0 aromatic carbocycles. The second-order valence-corrected chi connectivity index (χ2v) is 2.48. The molecule has 0 bridgehead atoms. The number of aliphatic carboxylic acids is 1. The van der Waals surface area contributed by atoms with Crippen molar-refractivity contribution in [1.82, 2.24) is 0 Å². The molecule has 0 saturated heterocycles. The highest BCUT2D eigenvalue weighted by atomic mass is 16.4. The van der Waals surface area contributed by atoms with Crippen molar-refractivity contribution in [2.75, 3.05) is 0 Å². The maximum Gasteiger partial charge on any atom is 0.336 e. The largest absolute Gasteiger partial charge is 0.478 e. The highest BCUT2D eigenvalue weighted by Crippen LogP contribution is 2.06. The van der Waals surface area contributed by atoms with Crippen LogP contribution in [-0.2, 0) is 4.79 Å². The van der Waals surface area contributed by atoms with E-state index in [0.29, 0.717) is 0 Å². The second-order valence-electron chi connectivity index (χ2n) is 2.48. The van der Waals surface area contributed by atoms with E-state index in [0.717, 1.165) is 0 Å². The summed E-state index contributed by atoms with van der Waals surface area (Å²) in [5.74, 6) is -1.20. The van der Waals surface area contributed by atoms with E-state index >= 15 is 0 Å². The molecule has 0 saturated carbocycles. The van der Waals surface area contributed by atoms with Crippen molar-refractivity contribution in [3.8, 4) is 6.07 Å². The van der Waals surface area contributed by atoms with E-state index < -0.39 is 5.97 Å². The molecule has 0 heterocycles. The number of carboxylic acids is 1. The first kappa shape index (κ1) is 12.7. The van der Waals surface area contributed by atoms with E-state index in [1.165, 1.54) is 6.08 Å². The third-order valence-electron chi connectivity index (χ3n) is 1.44. The Kier molecular flexibility index (Phi) is 5.99. The van der Waals surface area contributed by atoms with Crippen LogP contribution in [-0.4, -0.2) is 11.1 Å². The van der Waals surface area contributed by atoms with Crippen molar-refractivity contribution in [3.63, 3.8) is 0 Å². The predicted octanol–water partition coefficient (Wildman–Crippen LogP) is 2.38. The van der Waals surface area contributed by atoms with Crippen molar-refractivity contribution in [3.05, 3.63) is 60.8 Å². The molecule has 0 atom stereocenters. The lowest BCUT2D eigenvalue weighted by molar-refractivity contribution is -0.132. The maximum absolute atomic E-state index is 10.5. The first-order valence-corrected chi connectivity index (χ1v) is 4.12. The minimum atomic E-state index is -1.20. The molecule has 0 aliphatic rings. The molecule has 0 aliphatic carbocycles. The Morgan fingerprint density at radius 1 is 1.27 bits per heavy atom. The lowest BCUT2D eigenvalue weighted by Crippen LogP contribution is -2.00. The Labute approximate surface area is 88.7 Å². The number of rotatable bonds is 5. The normalized spacial score (nSPS) is 11.5. The van der Waals surface area contributed by atoms with Gasteiger partial charge in [0.25, 0.3) is 0 Å². The number of carbonyl (C=O) groups is 1. The van der Waals surface area contributed by atoms with Gasteiger partial charge in [0.2, 0.25) is 0 Å². The minimum Gasteiger partial charge on any atom is -0.478 e. The molecule has 0 aliphatic heterocycles. The third kappa shape index (κ3) is 5.06. The molecule has 0 radical (unpaired) electrons. The standard InChI is InChI=1S/C12H11NO2/c1-3-4-5-6-7-8-11(9-13)10(2)12(14)15/h3-8H,1-2H2,(H,14,15)/b5-4-,7-6-,11-8-. The van der Waals surface area contributed by atoms with E-state index in [1.807, 2.05) is 0 Å². The monoisotopic (exact) mass is 201 g/mol. The summed E-state index contributed by atoms with van der Waals surface area (Å²) >= 11 is 0. The van der Waals surface area contributed by atoms with Crippen LogP contribution in [0, 0.1) is 11.3 Å². The number of hydrogen-bond donors (Lipinski definition) is 1. The Hall–Kier alpha value is -2.34. The van der Waals surface area contributed by atoms with Gasteiger partial charge in [0.15, 0.2) is 0 Å². The van der Waals surface area contributed by atoms with Gasteiger partial charge in [0, 0.05) is 0 Å². The van der Waals surface area contributed by atoms with Crippen molar-refractivity contribution in [2.45, 2.75) is 0 Å². The van der Waals surface area contributed by atoms with Gasteiger partial charge in [0.05, 0.1) is 17.2 Å². The zero-order chi connectivity index (χ0) is 11.7. The fraction of sp³-hybridized carbons (Fsp3) is 0. The first-order valence-electron chi connectivity index (χ1n) is 4.12. The van der Waals surface area contributed by atoms with Crippen LogP contribution < -0.4 is 0 Å². The Morgan fingerprint density at radius 2 is 1.87 bits per heavy atom. The van der Waals surface area contributed by atoms with Crippen molar-refractivity contribution < 1.29 is 9.90 Å². The van der Waals surface area contributed by atoms with Gasteiger partial charge in [-0.3, -0.25) is 0 Å². The zero-order valence-electron chi connectivity index (χ0n) is 8.18. The van der Waals surface area contributed by atoms with E-state index in [4.69, 9.17) is 10.4 Å². The van der Waals surface area contributed by atoms with E-state index in [2.05, 4.69) is 13.2 Å². The summed E-state index contributed by atoms with van der Waals surface area (Å²) in [5, 5.41) is 17.2. The van der Waals surface area contributed by atoms with Crippen LogP contribution in [0.1, 0.15) is 0 Å². The highest BCUT2D eigenvalue weighted by molar-refractivity contribution is 5.92. The summed E-state index contributed by atoms with van der Waals surface area (Å²) in [6, 6.07) is 1.76. The topological polar surface area (TPSA) is 61.1 Å². The smallest absolute Gasteiger partial charge is 0.336 e. The average molecular weight is 201 g/mol. The molecule has 0 aromatic heterocycles. The second kappa shape index (κ2) is 7.10. The van der Waals surface area contributed by atoms with Gasteiger partial charge in [-0.1, -0.05) is 43.5 Å². The molecule has 0 amide bonds. The molecule has 15 heavy (non-hydrogen) atoms. The van der Waals surface area contributed by atoms with E-state index in [9.17, 15) is 4.79 Å². The van der Waals surface area contributed by atoms with Crippen LogP contribution in [0.2, 0.25) is 0 Å². The fourth-order valence-corrected chi connectivity index (χ4v) is 0.679. The summed E-state index contributed by atoms with van der Waals surface area (Å²) in [6.45, 7) is 6.76. The third-order valence-corrected chi connectivity index (χ3v) is 1.44. The Bertz CT molecular complexity index is 392. The number of allylic oxidation sites excluding steroid dienone is 6. The van der Waals surface area contributed by atoms with Crippen LogP contribution in [0.4, 0.5) is 0 Å². The first-order chi connectivity index (χ1) is 7.13. The van der Waals surface area contributed by atoms with E-state index in [-0.39, 0.29) is 11.1 Å². The van der Waals surface area contributed by atoms with Gasteiger partial charge in [0.1, 0.15) is 0 Å². The molecule has 76 valence electrons. The van der Waals surface area contributed by atoms with Gasteiger partial charge < -0.3 is 5.11 Å². The lowest BCUT2D eigenvalue weighted by Gasteiger charge is -1.93. The molecule has 3 heteroatoms. The molecule has 0 aromatic rings. The summed E-state index contributed by atoms with van der Waals surface area (Å²) in [4.78, 5) is 10.5. The Balaban J connectivity index is 4.64. The van der Waals surface area contributed by atoms with Crippen molar-refractivity contribution in [2.24, 2.45) is 0 Å². The number of hydrogen-bond acceptors (Lipinski definition) is 2. The van der Waals surface area contributed by atoms with Crippen molar-refractivity contribution in [1.29, 1.82) is 5.26 Å². The molecular weight excluding hydrogens is 190 g/mol. The molecule has 1 N–H and O–H groups in total. The maximum atomic E-state index is 10.5.